The summed E-state index contributed by atoms with van der Waals surface area (Å²) in [4.78, 5) is 2.72. The van der Waals surface area contributed by atoms with Gasteiger partial charge in [0.05, 0.1) is 7.11 Å². The molecule has 0 aliphatic carbocycles. The Morgan fingerprint density at radius 2 is 1.68 bits per heavy atom. The lowest BCUT2D eigenvalue weighted by atomic mass is 9.92. The molecule has 0 spiro atoms. The molecule has 0 aromatic rings. The second-order valence-corrected chi connectivity index (χ2v) is 7.45. The van der Waals surface area contributed by atoms with Gasteiger partial charge in [0.2, 0.25) is 0 Å². The first-order chi connectivity index (χ1) is 10.3. The number of rotatable bonds is 8. The molecule has 0 bridgehead atoms. The lowest BCUT2D eigenvalue weighted by Crippen LogP contribution is -2.42. The first-order valence-electron chi connectivity index (χ1n) is 8.58. The van der Waals surface area contributed by atoms with E-state index in [1.54, 1.807) is 0 Å². The fourth-order valence-electron chi connectivity index (χ4n) is 2.83. The van der Waals surface area contributed by atoms with E-state index in [0.29, 0.717) is 0 Å². The Labute approximate surface area is 137 Å². The quantitative estimate of drug-likeness (QED) is 0.537. The van der Waals surface area contributed by atoms with Gasteiger partial charge in [-0.25, -0.2) is 0 Å². The summed E-state index contributed by atoms with van der Waals surface area (Å²) in [5.41, 5.74) is 0. The number of unbranched alkanes of at least 4 members (excludes halogenated alkanes) is 5. The van der Waals surface area contributed by atoms with Gasteiger partial charge >= 0.3 is 10.4 Å². The Morgan fingerprint density at radius 3 is 2.23 bits per heavy atom. The van der Waals surface area contributed by atoms with E-state index in [2.05, 4.69) is 29.9 Å². The smallest absolute Gasteiger partial charge is 0.300 e. The molecule has 0 aromatic heterocycles. The van der Waals surface area contributed by atoms with E-state index in [4.69, 9.17) is 4.55 Å². The molecule has 0 saturated carbocycles. The van der Waals surface area contributed by atoms with Gasteiger partial charge in [-0.3, -0.25) is 8.74 Å². The maximum Gasteiger partial charge on any atom is 0.397 e. The van der Waals surface area contributed by atoms with Crippen LogP contribution in [0.4, 0.5) is 0 Å². The SMILES string of the molecule is CCCCCCCCN1CCCC(C)C1C.COS(=O)(=O)O. The first kappa shape index (κ1) is 21.8. The summed E-state index contributed by atoms with van der Waals surface area (Å²) in [5.74, 6) is 0.911. The highest BCUT2D eigenvalue weighted by Crippen LogP contribution is 2.23. The number of hydrogen-bond donors (Lipinski definition) is 1. The molecule has 1 aliphatic rings. The predicted octanol–water partition coefficient (Wildman–Crippen LogP) is 3.90. The standard InChI is InChI=1S/C15H31N.CH4O4S/c1-4-5-6-7-8-9-12-16-13-10-11-14(2)15(16)3;1-5-6(2,3)4/h14-15H,4-13H2,1-3H3;1H3,(H,2,3,4). The average molecular weight is 338 g/mol. The second kappa shape index (κ2) is 12.3. The first-order valence-corrected chi connectivity index (χ1v) is 9.95. The number of nitrogens with zero attached hydrogens (tertiary/aromatic N) is 1. The average Bonchev–Trinajstić information content (AvgIpc) is 2.47. The van der Waals surface area contributed by atoms with Crippen molar-refractivity contribution in [1.29, 1.82) is 0 Å². The van der Waals surface area contributed by atoms with E-state index >= 15 is 0 Å². The van der Waals surface area contributed by atoms with E-state index in [-0.39, 0.29) is 0 Å². The van der Waals surface area contributed by atoms with Crippen LogP contribution < -0.4 is 0 Å². The van der Waals surface area contributed by atoms with Gasteiger partial charge in [0.1, 0.15) is 0 Å². The molecule has 22 heavy (non-hydrogen) atoms. The zero-order valence-electron chi connectivity index (χ0n) is 14.8. The van der Waals surface area contributed by atoms with E-state index in [1.807, 2.05) is 0 Å². The Morgan fingerprint density at radius 1 is 1.14 bits per heavy atom. The van der Waals surface area contributed by atoms with Crippen LogP contribution in [0, 0.1) is 5.92 Å². The fourth-order valence-corrected chi connectivity index (χ4v) is 2.83. The zero-order valence-corrected chi connectivity index (χ0v) is 15.6. The summed E-state index contributed by atoms with van der Waals surface area (Å²) in [7, 11) is -3.29. The van der Waals surface area contributed by atoms with E-state index in [9.17, 15) is 8.42 Å². The summed E-state index contributed by atoms with van der Waals surface area (Å²) in [5, 5.41) is 0. The van der Waals surface area contributed by atoms with E-state index < -0.39 is 10.4 Å². The lowest BCUT2D eigenvalue weighted by molar-refractivity contribution is 0.112. The monoisotopic (exact) mass is 337 g/mol. The highest BCUT2D eigenvalue weighted by molar-refractivity contribution is 7.80. The van der Waals surface area contributed by atoms with Gasteiger partial charge in [0, 0.05) is 6.04 Å². The van der Waals surface area contributed by atoms with Crippen molar-refractivity contribution in [1.82, 2.24) is 4.90 Å². The van der Waals surface area contributed by atoms with Crippen LogP contribution in [0.15, 0.2) is 0 Å². The summed E-state index contributed by atoms with van der Waals surface area (Å²) >= 11 is 0. The van der Waals surface area contributed by atoms with Crippen molar-refractivity contribution in [2.24, 2.45) is 5.92 Å². The molecule has 1 N–H and O–H groups in total. The molecule has 2 atom stereocenters. The van der Waals surface area contributed by atoms with Crippen molar-refractivity contribution in [3.63, 3.8) is 0 Å². The minimum Gasteiger partial charge on any atom is -0.300 e. The summed E-state index contributed by atoms with van der Waals surface area (Å²) in [6.07, 6.45) is 11.4. The third-order valence-corrected chi connectivity index (χ3v) is 4.94. The molecule has 1 saturated heterocycles. The van der Waals surface area contributed by atoms with Gasteiger partial charge in [-0.2, -0.15) is 8.42 Å². The number of piperidine rings is 1. The fraction of sp³-hybridized carbons (Fsp3) is 1.00. The molecular weight excluding hydrogens is 302 g/mol. The van der Waals surface area contributed by atoms with Crippen LogP contribution in [-0.2, 0) is 14.6 Å². The van der Waals surface area contributed by atoms with Gasteiger partial charge < -0.3 is 4.90 Å². The highest BCUT2D eigenvalue weighted by Gasteiger charge is 2.23. The molecule has 2 unspecified atom stereocenters. The van der Waals surface area contributed by atoms with Crippen LogP contribution in [0.25, 0.3) is 0 Å². The van der Waals surface area contributed by atoms with Crippen molar-refractivity contribution >= 4 is 10.4 Å². The maximum absolute atomic E-state index is 9.33. The van der Waals surface area contributed by atoms with Crippen LogP contribution in [0.5, 0.6) is 0 Å². The van der Waals surface area contributed by atoms with Crippen molar-refractivity contribution in [2.45, 2.75) is 78.2 Å². The Bertz CT molecular complexity index is 359. The van der Waals surface area contributed by atoms with Crippen LogP contribution in [0.1, 0.15) is 72.1 Å². The predicted molar refractivity (Wildman–Crippen MR) is 91.4 cm³/mol. The largest absolute Gasteiger partial charge is 0.397 e. The summed E-state index contributed by atoms with van der Waals surface area (Å²) in [6.45, 7) is 9.81. The molecule has 0 amide bonds. The zero-order chi connectivity index (χ0) is 17.0. The summed E-state index contributed by atoms with van der Waals surface area (Å²) in [6, 6.07) is 0.824. The van der Waals surface area contributed by atoms with Gasteiger partial charge in [-0.15, -0.1) is 0 Å². The third kappa shape index (κ3) is 11.4. The normalized spacial score (nSPS) is 23.0. The van der Waals surface area contributed by atoms with Gasteiger partial charge in [-0.05, 0) is 45.2 Å². The van der Waals surface area contributed by atoms with Crippen molar-refractivity contribution in [2.75, 3.05) is 20.2 Å². The van der Waals surface area contributed by atoms with Crippen LogP contribution in [0.3, 0.4) is 0 Å². The van der Waals surface area contributed by atoms with Crippen molar-refractivity contribution in [3.8, 4) is 0 Å². The van der Waals surface area contributed by atoms with Crippen LogP contribution in [-0.4, -0.2) is 44.1 Å². The molecule has 1 aliphatic heterocycles. The van der Waals surface area contributed by atoms with Gasteiger partial charge in [0.15, 0.2) is 0 Å². The molecule has 0 aromatic carbocycles. The molecule has 1 heterocycles. The lowest BCUT2D eigenvalue weighted by Gasteiger charge is -2.37. The molecule has 5 nitrogen and oxygen atoms in total. The molecular formula is C16H35NO4S. The minimum absolute atomic E-state index is 0.824. The number of hydrogen-bond acceptors (Lipinski definition) is 4. The Balaban J connectivity index is 0.000000626. The van der Waals surface area contributed by atoms with Crippen molar-refractivity contribution in [3.05, 3.63) is 0 Å². The molecule has 1 rings (SSSR count). The Kier molecular flexibility index (Phi) is 12.2. The van der Waals surface area contributed by atoms with Gasteiger partial charge in [-0.1, -0.05) is 46.0 Å². The molecule has 1 fully saturated rings. The molecule has 134 valence electrons. The van der Waals surface area contributed by atoms with Gasteiger partial charge in [0.25, 0.3) is 0 Å². The molecule has 6 heteroatoms. The highest BCUT2D eigenvalue weighted by atomic mass is 32.3. The van der Waals surface area contributed by atoms with Crippen molar-refractivity contribution < 1.29 is 17.2 Å². The summed E-state index contributed by atoms with van der Waals surface area (Å²) < 4.78 is 29.7. The van der Waals surface area contributed by atoms with Crippen LogP contribution in [0.2, 0.25) is 0 Å². The van der Waals surface area contributed by atoms with E-state index in [0.717, 1.165) is 19.1 Å². The molecule has 0 radical (unpaired) electrons. The maximum atomic E-state index is 9.33. The minimum atomic E-state index is -4.16. The Hall–Kier alpha value is -0.170. The second-order valence-electron chi connectivity index (χ2n) is 6.26. The van der Waals surface area contributed by atoms with E-state index in [1.165, 1.54) is 64.5 Å². The topological polar surface area (TPSA) is 66.8 Å². The van der Waals surface area contributed by atoms with Crippen LogP contribution >= 0.6 is 0 Å². The number of likely N-dealkylation sites (tertiary alicyclic amines) is 1. The third-order valence-electron chi connectivity index (χ3n) is 4.51.